The van der Waals surface area contributed by atoms with Crippen molar-refractivity contribution >= 4 is 28.5 Å². The van der Waals surface area contributed by atoms with E-state index in [0.717, 1.165) is 9.13 Å². The Labute approximate surface area is 109 Å². The number of halogens is 1. The Hall–Kier alpha value is -1.09. The SMILES string of the molecule is Cc1cc(C(=O)N(C)CCC#N)ccc1I. The maximum Gasteiger partial charge on any atom is 0.253 e. The minimum atomic E-state index is -0.0326. The number of hydrogen-bond acceptors (Lipinski definition) is 2. The highest BCUT2D eigenvalue weighted by Gasteiger charge is 2.11. The molecule has 0 radical (unpaired) electrons. The molecular formula is C12H13IN2O. The molecule has 1 aromatic carbocycles. The van der Waals surface area contributed by atoms with Gasteiger partial charge in [-0.05, 0) is 53.3 Å². The van der Waals surface area contributed by atoms with E-state index < -0.39 is 0 Å². The summed E-state index contributed by atoms with van der Waals surface area (Å²) in [5.41, 5.74) is 1.78. The van der Waals surface area contributed by atoms with Crippen molar-refractivity contribution in [2.45, 2.75) is 13.3 Å². The predicted molar refractivity (Wildman–Crippen MR) is 71.1 cm³/mol. The quantitative estimate of drug-likeness (QED) is 0.801. The van der Waals surface area contributed by atoms with E-state index in [9.17, 15) is 4.79 Å². The van der Waals surface area contributed by atoms with Crippen LogP contribution in [0.3, 0.4) is 0 Å². The lowest BCUT2D eigenvalue weighted by atomic mass is 10.1. The number of carbonyl (C=O) groups excluding carboxylic acids is 1. The third kappa shape index (κ3) is 3.20. The molecule has 1 aromatic rings. The van der Waals surface area contributed by atoms with Crippen LogP contribution < -0.4 is 0 Å². The lowest BCUT2D eigenvalue weighted by Crippen LogP contribution is -2.27. The highest BCUT2D eigenvalue weighted by molar-refractivity contribution is 14.1. The second-order valence-electron chi connectivity index (χ2n) is 3.60. The number of rotatable bonds is 3. The third-order valence-electron chi connectivity index (χ3n) is 2.31. The van der Waals surface area contributed by atoms with Gasteiger partial charge in [0.1, 0.15) is 0 Å². The number of hydrogen-bond donors (Lipinski definition) is 0. The van der Waals surface area contributed by atoms with Crippen LogP contribution in [-0.2, 0) is 0 Å². The van der Waals surface area contributed by atoms with Gasteiger partial charge in [0.2, 0.25) is 0 Å². The number of amides is 1. The molecule has 4 heteroatoms. The number of carbonyl (C=O) groups is 1. The molecule has 0 atom stereocenters. The van der Waals surface area contributed by atoms with Crippen LogP contribution in [0.15, 0.2) is 18.2 Å². The summed E-state index contributed by atoms with van der Waals surface area (Å²) in [7, 11) is 1.72. The number of aryl methyl sites for hydroxylation is 1. The Morgan fingerprint density at radius 2 is 2.25 bits per heavy atom. The van der Waals surface area contributed by atoms with Gasteiger partial charge < -0.3 is 4.90 Å². The summed E-state index contributed by atoms with van der Waals surface area (Å²) in [6.07, 6.45) is 0.367. The summed E-state index contributed by atoms with van der Waals surface area (Å²) in [5, 5.41) is 8.46. The van der Waals surface area contributed by atoms with Crippen LogP contribution in [0.1, 0.15) is 22.3 Å². The first kappa shape index (κ1) is 13.0. The molecule has 0 unspecified atom stereocenters. The van der Waals surface area contributed by atoms with Gasteiger partial charge in [-0.1, -0.05) is 0 Å². The average molecular weight is 328 g/mol. The van der Waals surface area contributed by atoms with Crippen LogP contribution in [-0.4, -0.2) is 24.4 Å². The molecule has 0 heterocycles. The van der Waals surface area contributed by atoms with Crippen molar-refractivity contribution in [1.29, 1.82) is 5.26 Å². The largest absolute Gasteiger partial charge is 0.341 e. The van der Waals surface area contributed by atoms with Crippen molar-refractivity contribution in [2.24, 2.45) is 0 Å². The van der Waals surface area contributed by atoms with Crippen LogP contribution in [0.2, 0.25) is 0 Å². The van der Waals surface area contributed by atoms with Gasteiger partial charge in [0.25, 0.3) is 5.91 Å². The van der Waals surface area contributed by atoms with Crippen molar-refractivity contribution in [3.63, 3.8) is 0 Å². The van der Waals surface area contributed by atoms with Crippen LogP contribution in [0.5, 0.6) is 0 Å². The average Bonchev–Trinajstić information content (AvgIpc) is 2.28. The van der Waals surface area contributed by atoms with Crippen molar-refractivity contribution in [3.05, 3.63) is 32.9 Å². The molecule has 16 heavy (non-hydrogen) atoms. The van der Waals surface area contributed by atoms with E-state index in [1.807, 2.05) is 31.2 Å². The first-order valence-corrected chi connectivity index (χ1v) is 6.02. The Bertz CT molecular complexity index is 437. The monoisotopic (exact) mass is 328 g/mol. The number of nitrogens with zero attached hydrogens (tertiary/aromatic N) is 2. The van der Waals surface area contributed by atoms with Crippen LogP contribution in [0.4, 0.5) is 0 Å². The second kappa shape index (κ2) is 5.85. The molecule has 0 saturated heterocycles. The van der Waals surface area contributed by atoms with E-state index in [1.54, 1.807) is 11.9 Å². The van der Waals surface area contributed by atoms with Gasteiger partial charge >= 0.3 is 0 Å². The van der Waals surface area contributed by atoms with E-state index in [4.69, 9.17) is 5.26 Å². The van der Waals surface area contributed by atoms with Crippen LogP contribution in [0, 0.1) is 21.8 Å². The fourth-order valence-corrected chi connectivity index (χ4v) is 1.65. The molecular weight excluding hydrogens is 315 g/mol. The summed E-state index contributed by atoms with van der Waals surface area (Å²) in [6, 6.07) is 7.66. The van der Waals surface area contributed by atoms with Gasteiger partial charge in [-0.2, -0.15) is 5.26 Å². The van der Waals surface area contributed by atoms with Crippen molar-refractivity contribution in [1.82, 2.24) is 4.90 Å². The smallest absolute Gasteiger partial charge is 0.253 e. The van der Waals surface area contributed by atoms with Gasteiger partial charge in [0.05, 0.1) is 12.5 Å². The van der Waals surface area contributed by atoms with Crippen molar-refractivity contribution in [3.8, 4) is 6.07 Å². The first-order chi connectivity index (χ1) is 7.56. The minimum absolute atomic E-state index is 0.0326. The maximum absolute atomic E-state index is 11.9. The molecule has 0 spiro atoms. The van der Waals surface area contributed by atoms with Gasteiger partial charge in [-0.3, -0.25) is 4.79 Å². The molecule has 0 bridgehead atoms. The highest BCUT2D eigenvalue weighted by Crippen LogP contribution is 2.14. The molecule has 0 aliphatic heterocycles. The van der Waals surface area contributed by atoms with Crippen LogP contribution >= 0.6 is 22.6 Å². The number of benzene rings is 1. The molecule has 1 amide bonds. The minimum Gasteiger partial charge on any atom is -0.341 e. The molecule has 0 saturated carbocycles. The summed E-state index contributed by atoms with van der Waals surface area (Å²) in [4.78, 5) is 13.5. The molecule has 3 nitrogen and oxygen atoms in total. The topological polar surface area (TPSA) is 44.1 Å². The second-order valence-corrected chi connectivity index (χ2v) is 4.76. The lowest BCUT2D eigenvalue weighted by Gasteiger charge is -2.15. The van der Waals surface area contributed by atoms with E-state index >= 15 is 0 Å². The fourth-order valence-electron chi connectivity index (χ4n) is 1.32. The molecule has 0 aromatic heterocycles. The number of nitriles is 1. The normalized spacial score (nSPS) is 9.62. The molecule has 84 valence electrons. The van der Waals surface area contributed by atoms with Gasteiger partial charge in [-0.25, -0.2) is 0 Å². The Morgan fingerprint density at radius 1 is 1.56 bits per heavy atom. The zero-order chi connectivity index (χ0) is 12.1. The standard InChI is InChI=1S/C12H13IN2O/c1-9-8-10(4-5-11(9)13)12(16)15(2)7-3-6-14/h4-5,8H,3,7H2,1-2H3. The summed E-state index contributed by atoms with van der Waals surface area (Å²) in [5.74, 6) is -0.0326. The maximum atomic E-state index is 11.9. The van der Waals surface area contributed by atoms with Crippen LogP contribution in [0.25, 0.3) is 0 Å². The summed E-state index contributed by atoms with van der Waals surface area (Å²) < 4.78 is 1.15. The fraction of sp³-hybridized carbons (Fsp3) is 0.333. The summed E-state index contributed by atoms with van der Waals surface area (Å²) in [6.45, 7) is 2.45. The highest BCUT2D eigenvalue weighted by atomic mass is 127. The summed E-state index contributed by atoms with van der Waals surface area (Å²) >= 11 is 2.24. The van der Waals surface area contributed by atoms with E-state index in [2.05, 4.69) is 22.6 Å². The van der Waals surface area contributed by atoms with Gasteiger partial charge in [0.15, 0.2) is 0 Å². The van der Waals surface area contributed by atoms with Crippen molar-refractivity contribution in [2.75, 3.05) is 13.6 Å². The van der Waals surface area contributed by atoms with E-state index in [-0.39, 0.29) is 5.91 Å². The Morgan fingerprint density at radius 3 is 2.81 bits per heavy atom. The Balaban J connectivity index is 2.80. The molecule has 0 fully saturated rings. The van der Waals surface area contributed by atoms with Crippen molar-refractivity contribution < 1.29 is 4.79 Å². The van der Waals surface area contributed by atoms with E-state index in [0.29, 0.717) is 18.5 Å². The predicted octanol–water partition coefficient (Wildman–Crippen LogP) is 2.59. The lowest BCUT2D eigenvalue weighted by molar-refractivity contribution is 0.0798. The molecule has 0 N–H and O–H groups in total. The third-order valence-corrected chi connectivity index (χ3v) is 3.52. The van der Waals surface area contributed by atoms with E-state index in [1.165, 1.54) is 0 Å². The molecule has 0 aliphatic carbocycles. The first-order valence-electron chi connectivity index (χ1n) is 4.95. The zero-order valence-corrected chi connectivity index (χ0v) is 11.5. The van der Waals surface area contributed by atoms with Gasteiger partial charge in [-0.15, -0.1) is 0 Å². The molecule has 1 rings (SSSR count). The molecule has 0 aliphatic rings. The van der Waals surface area contributed by atoms with Gasteiger partial charge in [0, 0.05) is 22.7 Å². The zero-order valence-electron chi connectivity index (χ0n) is 9.33. The Kier molecular flexibility index (Phi) is 4.74.